The van der Waals surface area contributed by atoms with Crippen LogP contribution >= 0.6 is 27.3 Å². The van der Waals surface area contributed by atoms with Gasteiger partial charge in [0, 0.05) is 10.9 Å². The van der Waals surface area contributed by atoms with Crippen molar-refractivity contribution in [2.45, 2.75) is 45.6 Å². The molecule has 0 radical (unpaired) electrons. The molecule has 1 aromatic rings. The van der Waals surface area contributed by atoms with Crippen LogP contribution in [0, 0.1) is 24.7 Å². The number of aryl methyl sites for hydroxylation is 1. The van der Waals surface area contributed by atoms with E-state index in [0.717, 1.165) is 24.3 Å². The van der Waals surface area contributed by atoms with E-state index in [-0.39, 0.29) is 0 Å². The molecule has 2 saturated carbocycles. The Kier molecular flexibility index (Phi) is 3.84. The molecule has 3 unspecified atom stereocenters. The topological polar surface area (TPSA) is 12.0 Å². The monoisotopic (exact) mass is 327 g/mol. The standard InChI is InChI=1S/C15H22BrNS/c1-3-7-17-15(12-8-13(16)18-9(12)2)14-10-5-4-6-11(10)14/h8,10-11,14-15,17H,3-7H2,1-2H3. The lowest BCUT2D eigenvalue weighted by atomic mass is 9.97. The molecule has 3 atom stereocenters. The van der Waals surface area contributed by atoms with Crippen molar-refractivity contribution in [2.75, 3.05) is 6.54 Å². The minimum absolute atomic E-state index is 0.614. The van der Waals surface area contributed by atoms with E-state index < -0.39 is 0 Å². The average Bonchev–Trinajstić information content (AvgIpc) is 2.71. The third-order valence-electron chi connectivity index (χ3n) is 4.73. The number of halogens is 1. The summed E-state index contributed by atoms with van der Waals surface area (Å²) in [5.74, 6) is 2.97. The van der Waals surface area contributed by atoms with Gasteiger partial charge in [0.15, 0.2) is 0 Å². The van der Waals surface area contributed by atoms with E-state index in [1.54, 1.807) is 5.56 Å². The molecule has 0 bridgehead atoms. The van der Waals surface area contributed by atoms with Crippen LogP contribution in [0.4, 0.5) is 0 Å². The summed E-state index contributed by atoms with van der Waals surface area (Å²) in [5, 5.41) is 3.82. The summed E-state index contributed by atoms with van der Waals surface area (Å²) in [7, 11) is 0. The third kappa shape index (κ3) is 2.30. The highest BCUT2D eigenvalue weighted by Gasteiger charge is 2.56. The minimum atomic E-state index is 0.614. The highest BCUT2D eigenvalue weighted by molar-refractivity contribution is 9.11. The molecule has 2 aliphatic rings. The fourth-order valence-electron chi connectivity index (χ4n) is 3.89. The lowest BCUT2D eigenvalue weighted by Gasteiger charge is -2.20. The van der Waals surface area contributed by atoms with Crippen molar-refractivity contribution in [2.24, 2.45) is 17.8 Å². The van der Waals surface area contributed by atoms with E-state index in [0.29, 0.717) is 6.04 Å². The first kappa shape index (κ1) is 13.1. The van der Waals surface area contributed by atoms with Gasteiger partial charge < -0.3 is 5.32 Å². The largest absolute Gasteiger partial charge is 0.310 e. The molecule has 100 valence electrons. The van der Waals surface area contributed by atoms with Crippen LogP contribution in [0.5, 0.6) is 0 Å². The van der Waals surface area contributed by atoms with Crippen molar-refractivity contribution in [3.8, 4) is 0 Å². The van der Waals surface area contributed by atoms with Gasteiger partial charge in [-0.3, -0.25) is 0 Å². The van der Waals surface area contributed by atoms with Crippen LogP contribution in [0.3, 0.4) is 0 Å². The van der Waals surface area contributed by atoms with E-state index in [2.05, 4.69) is 41.2 Å². The molecule has 0 aromatic carbocycles. The zero-order valence-corrected chi connectivity index (χ0v) is 13.6. The van der Waals surface area contributed by atoms with Crippen molar-refractivity contribution in [3.05, 3.63) is 20.3 Å². The molecule has 2 fully saturated rings. The van der Waals surface area contributed by atoms with Crippen LogP contribution in [0.1, 0.15) is 49.1 Å². The van der Waals surface area contributed by atoms with Crippen LogP contribution in [0.15, 0.2) is 9.85 Å². The van der Waals surface area contributed by atoms with Gasteiger partial charge in [0.05, 0.1) is 3.79 Å². The molecule has 1 N–H and O–H groups in total. The van der Waals surface area contributed by atoms with Crippen molar-refractivity contribution in [3.63, 3.8) is 0 Å². The van der Waals surface area contributed by atoms with Crippen LogP contribution in [-0.2, 0) is 0 Å². The molecule has 0 saturated heterocycles. The first-order valence-electron chi connectivity index (χ1n) is 7.21. The Morgan fingerprint density at radius 2 is 2.17 bits per heavy atom. The van der Waals surface area contributed by atoms with Crippen molar-refractivity contribution in [1.82, 2.24) is 5.32 Å². The highest BCUT2D eigenvalue weighted by Crippen LogP contribution is 2.62. The SMILES string of the molecule is CCCNC(c1cc(Br)sc1C)C1C2CCCC21. The quantitative estimate of drug-likeness (QED) is 0.810. The zero-order chi connectivity index (χ0) is 12.7. The molecule has 0 aliphatic heterocycles. The molecule has 1 nitrogen and oxygen atoms in total. The number of rotatable bonds is 5. The maximum absolute atomic E-state index is 3.82. The van der Waals surface area contributed by atoms with Crippen molar-refractivity contribution < 1.29 is 0 Å². The fraction of sp³-hybridized carbons (Fsp3) is 0.733. The van der Waals surface area contributed by atoms with Crippen LogP contribution in [0.25, 0.3) is 0 Å². The lowest BCUT2D eigenvalue weighted by molar-refractivity contribution is 0.417. The molecule has 2 aliphatic carbocycles. The predicted octanol–water partition coefficient (Wildman–Crippen LogP) is 4.91. The van der Waals surface area contributed by atoms with Gasteiger partial charge in [-0.05, 0) is 78.0 Å². The fourth-order valence-corrected chi connectivity index (χ4v) is 5.65. The van der Waals surface area contributed by atoms with Gasteiger partial charge in [0.1, 0.15) is 0 Å². The van der Waals surface area contributed by atoms with Gasteiger partial charge in [0.25, 0.3) is 0 Å². The first-order valence-corrected chi connectivity index (χ1v) is 8.82. The molecule has 1 aromatic heterocycles. The summed E-state index contributed by atoms with van der Waals surface area (Å²) in [4.78, 5) is 1.49. The van der Waals surface area contributed by atoms with Gasteiger partial charge in [-0.25, -0.2) is 0 Å². The van der Waals surface area contributed by atoms with Crippen LogP contribution in [-0.4, -0.2) is 6.54 Å². The number of hydrogen-bond donors (Lipinski definition) is 1. The molecule has 18 heavy (non-hydrogen) atoms. The molecular formula is C15H22BrNS. The Hall–Kier alpha value is 0.140. The smallest absolute Gasteiger partial charge is 0.0704 e. The molecular weight excluding hydrogens is 306 g/mol. The predicted molar refractivity (Wildman–Crippen MR) is 82.1 cm³/mol. The Morgan fingerprint density at radius 3 is 2.72 bits per heavy atom. The summed E-state index contributed by atoms with van der Waals surface area (Å²) in [6.45, 7) is 5.67. The second-order valence-electron chi connectivity index (χ2n) is 5.83. The van der Waals surface area contributed by atoms with Crippen LogP contribution < -0.4 is 5.32 Å². The van der Waals surface area contributed by atoms with Gasteiger partial charge in [-0.15, -0.1) is 11.3 Å². The normalized spacial score (nSPS) is 31.4. The maximum Gasteiger partial charge on any atom is 0.0704 e. The number of nitrogens with one attached hydrogen (secondary N) is 1. The van der Waals surface area contributed by atoms with Gasteiger partial charge in [-0.2, -0.15) is 0 Å². The summed E-state index contributed by atoms with van der Waals surface area (Å²) in [5.41, 5.74) is 1.56. The highest BCUT2D eigenvalue weighted by atomic mass is 79.9. The Morgan fingerprint density at radius 1 is 1.44 bits per heavy atom. The van der Waals surface area contributed by atoms with E-state index in [1.807, 2.05) is 11.3 Å². The van der Waals surface area contributed by atoms with E-state index in [1.165, 1.54) is 34.3 Å². The second kappa shape index (κ2) is 5.26. The maximum atomic E-state index is 3.82. The number of fused-ring (bicyclic) bond motifs is 1. The first-order chi connectivity index (χ1) is 8.72. The van der Waals surface area contributed by atoms with Gasteiger partial charge in [0.2, 0.25) is 0 Å². The Labute approximate surface area is 122 Å². The molecule has 3 heteroatoms. The molecule has 1 heterocycles. The summed E-state index contributed by atoms with van der Waals surface area (Å²) in [6.07, 6.45) is 5.65. The molecule has 0 spiro atoms. The van der Waals surface area contributed by atoms with Gasteiger partial charge in [-0.1, -0.05) is 13.3 Å². The summed E-state index contributed by atoms with van der Waals surface area (Å²) < 4.78 is 1.28. The summed E-state index contributed by atoms with van der Waals surface area (Å²) in [6, 6.07) is 2.96. The Bertz CT molecular complexity index is 418. The van der Waals surface area contributed by atoms with Crippen molar-refractivity contribution in [1.29, 1.82) is 0 Å². The third-order valence-corrected chi connectivity index (χ3v) is 6.30. The Balaban J connectivity index is 1.79. The van der Waals surface area contributed by atoms with E-state index in [9.17, 15) is 0 Å². The minimum Gasteiger partial charge on any atom is -0.310 e. The van der Waals surface area contributed by atoms with E-state index in [4.69, 9.17) is 0 Å². The zero-order valence-electron chi connectivity index (χ0n) is 11.2. The van der Waals surface area contributed by atoms with Gasteiger partial charge >= 0.3 is 0 Å². The average molecular weight is 328 g/mol. The number of hydrogen-bond acceptors (Lipinski definition) is 2. The molecule has 3 rings (SSSR count). The molecule has 0 amide bonds. The van der Waals surface area contributed by atoms with Crippen molar-refractivity contribution >= 4 is 27.3 Å². The van der Waals surface area contributed by atoms with E-state index >= 15 is 0 Å². The number of thiophene rings is 1. The second-order valence-corrected chi connectivity index (χ2v) is 8.47. The lowest BCUT2D eigenvalue weighted by Crippen LogP contribution is -2.25. The summed E-state index contributed by atoms with van der Waals surface area (Å²) >= 11 is 5.52. The van der Waals surface area contributed by atoms with Crippen LogP contribution in [0.2, 0.25) is 0 Å².